The molecule has 2 rings (SSSR count). The number of hydrogen-bond donors (Lipinski definition) is 1. The van der Waals surface area contributed by atoms with E-state index in [9.17, 15) is 0 Å². The van der Waals surface area contributed by atoms with E-state index in [1.165, 1.54) is 11.1 Å². The maximum Gasteiger partial charge on any atom is 0.0935 e. The summed E-state index contributed by atoms with van der Waals surface area (Å²) in [4.78, 5) is 0. The topological polar surface area (TPSA) is 43.0 Å². The van der Waals surface area contributed by atoms with E-state index in [2.05, 4.69) is 23.5 Å². The van der Waals surface area contributed by atoms with E-state index >= 15 is 0 Å². The lowest BCUT2D eigenvalue weighted by atomic mass is 10.0. The Morgan fingerprint density at radius 1 is 1.53 bits per heavy atom. The zero-order chi connectivity index (χ0) is 12.3. The first-order valence-corrected chi connectivity index (χ1v) is 5.95. The Balaban J connectivity index is 2.22. The zero-order valence-electron chi connectivity index (χ0n) is 10.6. The molecule has 1 N–H and O–H groups in total. The third-order valence-electron chi connectivity index (χ3n) is 3.02. The minimum absolute atomic E-state index is 0.288. The largest absolute Gasteiger partial charge is 0.472 e. The Morgan fingerprint density at radius 3 is 2.94 bits per heavy atom. The lowest BCUT2D eigenvalue weighted by Gasteiger charge is -2.14. The molecule has 0 aliphatic carbocycles. The van der Waals surface area contributed by atoms with E-state index < -0.39 is 0 Å². The quantitative estimate of drug-likeness (QED) is 0.859. The molecule has 0 aliphatic rings. The lowest BCUT2D eigenvalue weighted by Crippen LogP contribution is -2.19. The van der Waals surface area contributed by atoms with Crippen molar-refractivity contribution in [3.8, 4) is 0 Å². The molecule has 4 heteroatoms. The second-order valence-electron chi connectivity index (χ2n) is 4.24. The van der Waals surface area contributed by atoms with Gasteiger partial charge < -0.3 is 9.73 Å². The summed E-state index contributed by atoms with van der Waals surface area (Å²) in [6.07, 6.45) is 7.49. The molecule has 0 saturated carbocycles. The molecule has 1 atom stereocenters. The van der Waals surface area contributed by atoms with Crippen LogP contribution in [0.4, 0.5) is 0 Å². The molecule has 0 spiro atoms. The molecule has 0 bridgehead atoms. The molecule has 1 unspecified atom stereocenters. The number of hydrogen-bond acceptors (Lipinski definition) is 3. The average molecular weight is 233 g/mol. The van der Waals surface area contributed by atoms with Crippen molar-refractivity contribution < 1.29 is 4.42 Å². The predicted octanol–water partition coefficient (Wildman–Crippen LogP) is 2.08. The molecule has 17 heavy (non-hydrogen) atoms. The molecule has 0 saturated heterocycles. The van der Waals surface area contributed by atoms with Gasteiger partial charge in [0.05, 0.1) is 18.2 Å². The highest BCUT2D eigenvalue weighted by Crippen LogP contribution is 2.21. The summed E-state index contributed by atoms with van der Waals surface area (Å²) in [5.74, 6) is 0. The molecular weight excluding hydrogens is 214 g/mol. The maximum atomic E-state index is 5.11. The van der Waals surface area contributed by atoms with Crippen LogP contribution < -0.4 is 5.32 Å². The van der Waals surface area contributed by atoms with E-state index in [-0.39, 0.29) is 6.04 Å². The fourth-order valence-electron chi connectivity index (χ4n) is 2.13. The molecule has 0 radical (unpaired) electrons. The number of likely N-dealkylation sites (N-methyl/N-ethyl adjacent to an activating group) is 1. The summed E-state index contributed by atoms with van der Waals surface area (Å²) in [6.45, 7) is 2.14. The molecule has 4 nitrogen and oxygen atoms in total. The smallest absolute Gasteiger partial charge is 0.0935 e. The van der Waals surface area contributed by atoms with Crippen LogP contribution in [0.1, 0.15) is 29.8 Å². The summed E-state index contributed by atoms with van der Waals surface area (Å²) in [6, 6.07) is 2.29. The molecule has 2 heterocycles. The van der Waals surface area contributed by atoms with Gasteiger partial charge in [0.1, 0.15) is 0 Å². The third kappa shape index (κ3) is 2.58. The molecular formula is C13H19N3O. The Bertz CT molecular complexity index is 459. The van der Waals surface area contributed by atoms with Crippen molar-refractivity contribution >= 4 is 0 Å². The first-order valence-electron chi connectivity index (χ1n) is 5.95. The van der Waals surface area contributed by atoms with Gasteiger partial charge in [0.25, 0.3) is 0 Å². The number of nitrogens with one attached hydrogen (secondary N) is 1. The van der Waals surface area contributed by atoms with Crippen molar-refractivity contribution in [2.45, 2.75) is 25.8 Å². The first-order chi connectivity index (χ1) is 8.24. The van der Waals surface area contributed by atoms with Gasteiger partial charge in [-0.3, -0.25) is 4.68 Å². The van der Waals surface area contributed by atoms with Gasteiger partial charge in [0.15, 0.2) is 0 Å². The van der Waals surface area contributed by atoms with Gasteiger partial charge in [-0.2, -0.15) is 5.10 Å². The number of rotatable bonds is 5. The van der Waals surface area contributed by atoms with Crippen LogP contribution in [0.5, 0.6) is 0 Å². The SMILES string of the molecule is CCc1nn(C)cc1C(Cc1ccoc1)NC. The van der Waals surface area contributed by atoms with Crippen LogP contribution >= 0.6 is 0 Å². The number of aryl methyl sites for hydroxylation is 2. The van der Waals surface area contributed by atoms with Gasteiger partial charge in [-0.1, -0.05) is 6.92 Å². The second-order valence-corrected chi connectivity index (χ2v) is 4.24. The van der Waals surface area contributed by atoms with Crippen LogP contribution in [0.25, 0.3) is 0 Å². The van der Waals surface area contributed by atoms with E-state index in [4.69, 9.17) is 4.42 Å². The average Bonchev–Trinajstić information content (AvgIpc) is 2.94. The van der Waals surface area contributed by atoms with Crippen molar-refractivity contribution in [2.75, 3.05) is 7.05 Å². The lowest BCUT2D eigenvalue weighted by molar-refractivity contribution is 0.550. The van der Waals surface area contributed by atoms with Crippen LogP contribution in [0.3, 0.4) is 0 Å². The van der Waals surface area contributed by atoms with Gasteiger partial charge in [-0.05, 0) is 31.5 Å². The number of furan rings is 1. The Kier molecular flexibility index (Phi) is 3.64. The molecule has 2 aromatic rings. The van der Waals surface area contributed by atoms with Crippen LogP contribution in [0.2, 0.25) is 0 Å². The van der Waals surface area contributed by atoms with Gasteiger partial charge in [0, 0.05) is 24.8 Å². The molecule has 92 valence electrons. The first kappa shape index (κ1) is 11.9. The summed E-state index contributed by atoms with van der Waals surface area (Å²) in [5.41, 5.74) is 3.64. The van der Waals surface area contributed by atoms with E-state index in [0.29, 0.717) is 0 Å². The Hall–Kier alpha value is -1.55. The van der Waals surface area contributed by atoms with Crippen LogP contribution in [0, 0.1) is 0 Å². The van der Waals surface area contributed by atoms with Crippen LogP contribution in [-0.4, -0.2) is 16.8 Å². The van der Waals surface area contributed by atoms with Crippen LogP contribution in [-0.2, 0) is 19.9 Å². The normalized spacial score (nSPS) is 12.9. The standard InChI is InChI=1S/C13H19N3O/c1-4-12-11(8-16(3)15-12)13(14-2)7-10-5-6-17-9-10/h5-6,8-9,13-14H,4,7H2,1-3H3. The highest BCUT2D eigenvalue weighted by molar-refractivity contribution is 5.24. The van der Waals surface area contributed by atoms with Crippen molar-refractivity contribution in [2.24, 2.45) is 7.05 Å². The van der Waals surface area contributed by atoms with Crippen molar-refractivity contribution in [3.63, 3.8) is 0 Å². The molecule has 0 amide bonds. The Labute approximate surface area is 102 Å². The zero-order valence-corrected chi connectivity index (χ0v) is 10.6. The monoisotopic (exact) mass is 233 g/mol. The molecule has 2 aromatic heterocycles. The molecule has 0 aliphatic heterocycles. The fourth-order valence-corrected chi connectivity index (χ4v) is 2.13. The number of nitrogens with zero attached hydrogens (tertiary/aromatic N) is 2. The molecule has 0 fully saturated rings. The van der Waals surface area contributed by atoms with Gasteiger partial charge in [-0.25, -0.2) is 0 Å². The second kappa shape index (κ2) is 5.19. The van der Waals surface area contributed by atoms with Crippen LogP contribution in [0.15, 0.2) is 29.2 Å². The summed E-state index contributed by atoms with van der Waals surface area (Å²) < 4.78 is 6.99. The Morgan fingerprint density at radius 2 is 2.35 bits per heavy atom. The van der Waals surface area contributed by atoms with Crippen molar-refractivity contribution in [1.82, 2.24) is 15.1 Å². The van der Waals surface area contributed by atoms with E-state index in [0.717, 1.165) is 18.5 Å². The minimum Gasteiger partial charge on any atom is -0.472 e. The third-order valence-corrected chi connectivity index (χ3v) is 3.02. The highest BCUT2D eigenvalue weighted by atomic mass is 16.3. The van der Waals surface area contributed by atoms with Gasteiger partial charge in [0.2, 0.25) is 0 Å². The summed E-state index contributed by atoms with van der Waals surface area (Å²) in [5, 5.41) is 7.83. The minimum atomic E-state index is 0.288. The highest BCUT2D eigenvalue weighted by Gasteiger charge is 2.16. The van der Waals surface area contributed by atoms with Crippen molar-refractivity contribution in [1.29, 1.82) is 0 Å². The molecule has 0 aromatic carbocycles. The number of aromatic nitrogens is 2. The van der Waals surface area contributed by atoms with E-state index in [1.807, 2.05) is 24.8 Å². The van der Waals surface area contributed by atoms with Crippen molar-refractivity contribution in [3.05, 3.63) is 41.6 Å². The summed E-state index contributed by atoms with van der Waals surface area (Å²) in [7, 11) is 3.95. The van der Waals surface area contributed by atoms with E-state index in [1.54, 1.807) is 12.5 Å². The van der Waals surface area contributed by atoms with Gasteiger partial charge >= 0.3 is 0 Å². The summed E-state index contributed by atoms with van der Waals surface area (Å²) >= 11 is 0. The van der Waals surface area contributed by atoms with Gasteiger partial charge in [-0.15, -0.1) is 0 Å². The maximum absolute atomic E-state index is 5.11. The predicted molar refractivity (Wildman–Crippen MR) is 66.8 cm³/mol. The fraction of sp³-hybridized carbons (Fsp3) is 0.462.